The first-order valence-corrected chi connectivity index (χ1v) is 6.08. The summed E-state index contributed by atoms with van der Waals surface area (Å²) in [7, 11) is 0. The summed E-state index contributed by atoms with van der Waals surface area (Å²) in [5.74, 6) is -1.72. The van der Waals surface area contributed by atoms with Crippen molar-refractivity contribution in [2.45, 2.75) is 32.1 Å². The van der Waals surface area contributed by atoms with Gasteiger partial charge in [0.05, 0.1) is 0 Å². The molecule has 20 heavy (non-hydrogen) atoms. The van der Waals surface area contributed by atoms with Gasteiger partial charge in [0.2, 0.25) is 0 Å². The number of hydrogen-bond acceptors (Lipinski definition) is 3. The van der Waals surface area contributed by atoms with Crippen LogP contribution in [0.2, 0.25) is 0 Å². The van der Waals surface area contributed by atoms with Crippen LogP contribution in [0.4, 0.5) is 13.2 Å². The maximum absolute atomic E-state index is 10.6. The number of ether oxygens (including phenoxy) is 1. The van der Waals surface area contributed by atoms with Crippen molar-refractivity contribution in [3.63, 3.8) is 0 Å². The Kier molecular flexibility index (Phi) is 5.82. The van der Waals surface area contributed by atoms with Crippen LogP contribution in [-0.4, -0.2) is 29.9 Å². The summed E-state index contributed by atoms with van der Waals surface area (Å²) in [6.07, 6.45) is -3.96. The molecule has 0 bridgehead atoms. The van der Waals surface area contributed by atoms with Gasteiger partial charge in [0.25, 0.3) is 0 Å². The number of para-hydroxylation sites is 1. The number of carbonyl (C=O) groups is 1. The van der Waals surface area contributed by atoms with Gasteiger partial charge in [-0.2, -0.15) is 13.2 Å². The molecule has 7 heteroatoms. The monoisotopic (exact) mass is 291 g/mol. The Morgan fingerprint density at radius 3 is 2.60 bits per heavy atom. The van der Waals surface area contributed by atoms with Crippen LogP contribution in [0.25, 0.3) is 0 Å². The summed E-state index contributed by atoms with van der Waals surface area (Å²) >= 11 is 0. The Bertz CT molecular complexity index is 422. The second-order valence-corrected chi connectivity index (χ2v) is 4.21. The lowest BCUT2D eigenvalue weighted by atomic mass is 10.2. The van der Waals surface area contributed by atoms with Crippen LogP contribution in [0.1, 0.15) is 18.9 Å². The minimum atomic E-state index is -5.08. The van der Waals surface area contributed by atoms with Crippen molar-refractivity contribution in [2.24, 2.45) is 0 Å². The molecule has 112 valence electrons. The van der Waals surface area contributed by atoms with Crippen molar-refractivity contribution in [1.82, 2.24) is 5.32 Å². The van der Waals surface area contributed by atoms with E-state index < -0.39 is 12.1 Å². The summed E-state index contributed by atoms with van der Waals surface area (Å²) in [5, 5.41) is 10.6. The quantitative estimate of drug-likeness (QED) is 0.835. The molecule has 1 aliphatic heterocycles. The van der Waals surface area contributed by atoms with Gasteiger partial charge in [0.1, 0.15) is 12.4 Å². The molecule has 0 fully saturated rings. The Hall–Kier alpha value is -1.76. The SMILES string of the molecule is CC[C@H]1COc2ccccc2CN1.O=C(O)C(F)(F)F. The molecule has 0 unspecified atom stereocenters. The molecular weight excluding hydrogens is 275 g/mol. The van der Waals surface area contributed by atoms with Gasteiger partial charge in [-0.25, -0.2) is 4.79 Å². The molecule has 0 radical (unpaired) electrons. The maximum Gasteiger partial charge on any atom is 0.490 e. The summed E-state index contributed by atoms with van der Waals surface area (Å²) in [5.41, 5.74) is 1.26. The van der Waals surface area contributed by atoms with Crippen LogP contribution >= 0.6 is 0 Å². The van der Waals surface area contributed by atoms with Gasteiger partial charge in [0, 0.05) is 18.2 Å². The number of halogens is 3. The molecule has 0 saturated heterocycles. The van der Waals surface area contributed by atoms with Crippen molar-refractivity contribution in [3.05, 3.63) is 29.8 Å². The fourth-order valence-corrected chi connectivity index (χ4v) is 1.56. The van der Waals surface area contributed by atoms with E-state index in [0.29, 0.717) is 6.04 Å². The number of fused-ring (bicyclic) bond motifs is 1. The van der Waals surface area contributed by atoms with Crippen LogP contribution in [0, 0.1) is 0 Å². The van der Waals surface area contributed by atoms with E-state index in [-0.39, 0.29) is 0 Å². The van der Waals surface area contributed by atoms with Crippen molar-refractivity contribution < 1.29 is 27.8 Å². The Labute approximate surface area is 114 Å². The third kappa shape index (κ3) is 5.08. The minimum Gasteiger partial charge on any atom is -0.492 e. The molecule has 2 N–H and O–H groups in total. The highest BCUT2D eigenvalue weighted by molar-refractivity contribution is 5.73. The predicted octanol–water partition coefficient (Wildman–Crippen LogP) is 2.58. The molecular formula is C13H16F3NO3. The zero-order valence-electron chi connectivity index (χ0n) is 10.9. The highest BCUT2D eigenvalue weighted by atomic mass is 19.4. The molecule has 0 aliphatic carbocycles. The molecule has 4 nitrogen and oxygen atoms in total. The zero-order chi connectivity index (χ0) is 15.2. The Morgan fingerprint density at radius 1 is 1.45 bits per heavy atom. The van der Waals surface area contributed by atoms with E-state index in [0.717, 1.165) is 25.3 Å². The number of nitrogens with one attached hydrogen (secondary N) is 1. The number of hydrogen-bond donors (Lipinski definition) is 2. The largest absolute Gasteiger partial charge is 0.492 e. The highest BCUT2D eigenvalue weighted by Crippen LogP contribution is 2.20. The highest BCUT2D eigenvalue weighted by Gasteiger charge is 2.38. The molecule has 1 aromatic rings. The van der Waals surface area contributed by atoms with Gasteiger partial charge in [-0.3, -0.25) is 0 Å². The Balaban J connectivity index is 0.000000246. The third-order valence-electron chi connectivity index (χ3n) is 2.73. The van der Waals surface area contributed by atoms with E-state index in [1.54, 1.807) is 0 Å². The van der Waals surface area contributed by atoms with Gasteiger partial charge in [-0.1, -0.05) is 25.1 Å². The van der Waals surface area contributed by atoms with Crippen molar-refractivity contribution >= 4 is 5.97 Å². The van der Waals surface area contributed by atoms with Crippen LogP contribution in [0.3, 0.4) is 0 Å². The van der Waals surface area contributed by atoms with Gasteiger partial charge in [-0.15, -0.1) is 0 Å². The zero-order valence-corrected chi connectivity index (χ0v) is 10.9. The topological polar surface area (TPSA) is 58.6 Å². The molecule has 0 saturated carbocycles. The van der Waals surface area contributed by atoms with Crippen LogP contribution in [-0.2, 0) is 11.3 Å². The fraction of sp³-hybridized carbons (Fsp3) is 0.462. The molecule has 2 rings (SSSR count). The Morgan fingerprint density at radius 2 is 2.05 bits per heavy atom. The minimum absolute atomic E-state index is 0.493. The standard InChI is InChI=1S/C11H15NO.C2HF3O2/c1-2-10-8-13-11-6-4-3-5-9(11)7-12-10;3-2(4,5)1(6)7/h3-6,10,12H,2,7-8H2,1H3;(H,6,7)/t10-;/m0./s1. The molecule has 1 atom stereocenters. The number of alkyl halides is 3. The molecule has 1 aromatic carbocycles. The lowest BCUT2D eigenvalue weighted by molar-refractivity contribution is -0.192. The van der Waals surface area contributed by atoms with Crippen LogP contribution in [0.15, 0.2) is 24.3 Å². The number of carboxylic acid groups (broad SMARTS) is 1. The third-order valence-corrected chi connectivity index (χ3v) is 2.73. The van der Waals surface area contributed by atoms with Gasteiger partial charge in [0.15, 0.2) is 0 Å². The van der Waals surface area contributed by atoms with E-state index in [1.165, 1.54) is 5.56 Å². The van der Waals surface area contributed by atoms with Crippen molar-refractivity contribution in [3.8, 4) is 5.75 Å². The molecule has 0 aromatic heterocycles. The van der Waals surface area contributed by atoms with E-state index >= 15 is 0 Å². The first kappa shape index (κ1) is 16.3. The number of benzene rings is 1. The maximum atomic E-state index is 10.6. The predicted molar refractivity (Wildman–Crippen MR) is 66.5 cm³/mol. The lowest BCUT2D eigenvalue weighted by Crippen LogP contribution is -2.31. The molecule has 0 amide bonds. The summed E-state index contributed by atoms with van der Waals surface area (Å²) < 4.78 is 37.4. The summed E-state index contributed by atoms with van der Waals surface area (Å²) in [6.45, 7) is 3.89. The molecule has 0 spiro atoms. The number of aliphatic carboxylic acids is 1. The van der Waals surface area contributed by atoms with Crippen molar-refractivity contribution in [2.75, 3.05) is 6.61 Å². The van der Waals surface area contributed by atoms with E-state index in [4.69, 9.17) is 14.6 Å². The average molecular weight is 291 g/mol. The smallest absolute Gasteiger partial charge is 0.490 e. The van der Waals surface area contributed by atoms with Gasteiger partial charge < -0.3 is 15.2 Å². The average Bonchev–Trinajstić information content (AvgIpc) is 2.60. The lowest BCUT2D eigenvalue weighted by Gasteiger charge is -2.11. The van der Waals surface area contributed by atoms with Gasteiger partial charge in [-0.05, 0) is 12.5 Å². The summed E-state index contributed by atoms with van der Waals surface area (Å²) in [4.78, 5) is 8.90. The number of rotatable bonds is 1. The van der Waals surface area contributed by atoms with Crippen LogP contribution < -0.4 is 10.1 Å². The second kappa shape index (κ2) is 7.14. The fourth-order valence-electron chi connectivity index (χ4n) is 1.56. The van der Waals surface area contributed by atoms with E-state index in [9.17, 15) is 13.2 Å². The second-order valence-electron chi connectivity index (χ2n) is 4.21. The first-order valence-electron chi connectivity index (χ1n) is 6.08. The van der Waals surface area contributed by atoms with E-state index in [2.05, 4.69) is 24.4 Å². The molecule has 1 heterocycles. The van der Waals surface area contributed by atoms with Gasteiger partial charge >= 0.3 is 12.1 Å². The number of carboxylic acids is 1. The van der Waals surface area contributed by atoms with Crippen LogP contribution in [0.5, 0.6) is 5.75 Å². The molecule has 1 aliphatic rings. The van der Waals surface area contributed by atoms with Crippen molar-refractivity contribution in [1.29, 1.82) is 0 Å². The normalized spacial score (nSPS) is 17.9. The summed E-state index contributed by atoms with van der Waals surface area (Å²) in [6, 6.07) is 8.71. The van der Waals surface area contributed by atoms with E-state index in [1.807, 2.05) is 12.1 Å². The first-order chi connectivity index (χ1) is 9.34.